The summed E-state index contributed by atoms with van der Waals surface area (Å²) < 4.78 is 39.9. The maximum Gasteiger partial charge on any atom is 0.223 e. The van der Waals surface area contributed by atoms with Crippen molar-refractivity contribution < 1.29 is 17.6 Å². The average Bonchev–Trinajstić information content (AvgIpc) is 2.74. The molecule has 0 aliphatic carbocycles. The molecule has 2 aromatic rings. The number of piperidine rings is 1. The number of halogens is 1. The second-order valence-electron chi connectivity index (χ2n) is 8.39. The fourth-order valence-electron chi connectivity index (χ4n) is 4.18. The predicted octanol–water partition coefficient (Wildman–Crippen LogP) is 4.25. The van der Waals surface area contributed by atoms with Crippen molar-refractivity contribution in [1.82, 2.24) is 9.62 Å². The van der Waals surface area contributed by atoms with E-state index in [1.165, 1.54) is 34.1 Å². The van der Waals surface area contributed by atoms with E-state index in [2.05, 4.69) is 37.4 Å². The Morgan fingerprint density at radius 3 is 2.35 bits per heavy atom. The highest BCUT2D eigenvalue weighted by atomic mass is 32.2. The van der Waals surface area contributed by atoms with Crippen molar-refractivity contribution in [3.8, 4) is 0 Å². The second-order valence-corrected chi connectivity index (χ2v) is 10.4. The number of aryl methyl sites for hydroxylation is 2. The van der Waals surface area contributed by atoms with Crippen LogP contribution in [0.3, 0.4) is 0 Å². The highest BCUT2D eigenvalue weighted by Gasteiger charge is 2.32. The number of benzene rings is 2. The van der Waals surface area contributed by atoms with E-state index < -0.39 is 10.0 Å². The molecule has 31 heavy (non-hydrogen) atoms. The number of carbonyl (C=O) groups excluding carboxylic acids is 1. The molecule has 5 nitrogen and oxygen atoms in total. The molecule has 0 saturated carbocycles. The molecule has 3 rings (SSSR count). The highest BCUT2D eigenvalue weighted by Crippen LogP contribution is 2.25. The van der Waals surface area contributed by atoms with Crippen LogP contribution in [0.2, 0.25) is 0 Å². The molecular weight excluding hydrogens is 415 g/mol. The van der Waals surface area contributed by atoms with Crippen molar-refractivity contribution in [2.24, 2.45) is 5.92 Å². The van der Waals surface area contributed by atoms with Crippen LogP contribution in [0.4, 0.5) is 4.39 Å². The molecule has 2 aromatic carbocycles. The lowest BCUT2D eigenvalue weighted by Gasteiger charge is -2.31. The summed E-state index contributed by atoms with van der Waals surface area (Å²) in [6.45, 7) is 6.80. The Bertz CT molecular complexity index is 1010. The summed E-state index contributed by atoms with van der Waals surface area (Å²) in [7, 11) is -3.50. The van der Waals surface area contributed by atoms with Gasteiger partial charge in [-0.15, -0.1) is 0 Å². The quantitative estimate of drug-likeness (QED) is 0.691. The first-order chi connectivity index (χ1) is 14.7. The number of hydrogen-bond acceptors (Lipinski definition) is 3. The second kappa shape index (κ2) is 9.92. The topological polar surface area (TPSA) is 66.5 Å². The van der Waals surface area contributed by atoms with Gasteiger partial charge in [-0.2, -0.15) is 0 Å². The fraction of sp³-hybridized carbons (Fsp3) is 0.458. The van der Waals surface area contributed by atoms with Crippen molar-refractivity contribution in [3.63, 3.8) is 0 Å². The van der Waals surface area contributed by atoms with Gasteiger partial charge in [0.25, 0.3) is 0 Å². The third-order valence-corrected chi connectivity index (χ3v) is 7.86. The van der Waals surface area contributed by atoms with E-state index in [-0.39, 0.29) is 29.4 Å². The van der Waals surface area contributed by atoms with Crippen LogP contribution in [0, 0.1) is 25.6 Å². The Balaban J connectivity index is 1.58. The lowest BCUT2D eigenvalue weighted by atomic mass is 9.94. The molecule has 0 unspecified atom stereocenters. The van der Waals surface area contributed by atoms with Crippen molar-refractivity contribution >= 4 is 15.9 Å². The largest absolute Gasteiger partial charge is 0.349 e. The Kier molecular flexibility index (Phi) is 7.49. The normalized spacial score (nSPS) is 16.8. The van der Waals surface area contributed by atoms with Crippen molar-refractivity contribution in [3.05, 3.63) is 70.5 Å². The summed E-state index contributed by atoms with van der Waals surface area (Å²) in [4.78, 5) is 12.9. The van der Waals surface area contributed by atoms with Crippen LogP contribution in [-0.2, 0) is 20.6 Å². The molecule has 7 heteroatoms. The zero-order chi connectivity index (χ0) is 22.6. The summed E-state index contributed by atoms with van der Waals surface area (Å²) in [5.41, 5.74) is 4.03. The molecule has 1 aliphatic heterocycles. The zero-order valence-electron chi connectivity index (χ0n) is 18.4. The minimum Gasteiger partial charge on any atom is -0.349 e. The maximum atomic E-state index is 13.1. The molecule has 1 amide bonds. The van der Waals surface area contributed by atoms with Gasteiger partial charge in [-0.25, -0.2) is 17.1 Å². The predicted molar refractivity (Wildman–Crippen MR) is 120 cm³/mol. The van der Waals surface area contributed by atoms with E-state index in [0.29, 0.717) is 31.5 Å². The van der Waals surface area contributed by atoms with Gasteiger partial charge < -0.3 is 5.32 Å². The van der Waals surface area contributed by atoms with Gasteiger partial charge in [-0.3, -0.25) is 4.79 Å². The van der Waals surface area contributed by atoms with Gasteiger partial charge in [0, 0.05) is 19.0 Å². The molecule has 168 valence electrons. The number of amides is 1. The number of nitrogens with one attached hydrogen (secondary N) is 1. The van der Waals surface area contributed by atoms with Crippen LogP contribution < -0.4 is 5.32 Å². The van der Waals surface area contributed by atoms with Crippen LogP contribution in [0.25, 0.3) is 0 Å². The Labute approximate surface area is 184 Å². The maximum absolute atomic E-state index is 13.1. The fourth-order valence-corrected chi connectivity index (χ4v) is 5.75. The molecule has 1 fully saturated rings. The number of sulfonamides is 1. The van der Waals surface area contributed by atoms with Gasteiger partial charge in [-0.05, 0) is 61.9 Å². The molecule has 1 atom stereocenters. The summed E-state index contributed by atoms with van der Waals surface area (Å²) in [6, 6.07) is 11.7. The van der Waals surface area contributed by atoms with Crippen molar-refractivity contribution in [1.29, 1.82) is 0 Å². The third kappa shape index (κ3) is 5.92. The molecule has 1 N–H and O–H groups in total. The summed E-state index contributed by atoms with van der Waals surface area (Å²) in [5, 5.41) is 3.17. The third-order valence-electron chi connectivity index (χ3n) is 6.01. The van der Waals surface area contributed by atoms with Crippen LogP contribution in [-0.4, -0.2) is 31.7 Å². The molecule has 0 bridgehead atoms. The SMILES string of the molecule is CC[C@@H](NC(=O)C1CCN(S(=O)(=O)Cc2ccc(F)cc2)CC1)c1ccc(C)cc1C. The molecule has 1 aliphatic rings. The highest BCUT2D eigenvalue weighted by molar-refractivity contribution is 7.88. The van der Waals surface area contributed by atoms with E-state index in [9.17, 15) is 17.6 Å². The van der Waals surface area contributed by atoms with E-state index in [0.717, 1.165) is 17.5 Å². The molecule has 0 spiro atoms. The van der Waals surface area contributed by atoms with E-state index in [4.69, 9.17) is 0 Å². The Morgan fingerprint density at radius 2 is 1.77 bits per heavy atom. The van der Waals surface area contributed by atoms with Crippen LogP contribution in [0.15, 0.2) is 42.5 Å². The summed E-state index contributed by atoms with van der Waals surface area (Å²) >= 11 is 0. The zero-order valence-corrected chi connectivity index (χ0v) is 19.2. The first-order valence-electron chi connectivity index (χ1n) is 10.8. The average molecular weight is 447 g/mol. The van der Waals surface area contributed by atoms with Crippen molar-refractivity contribution in [2.45, 2.75) is 51.8 Å². The molecule has 0 radical (unpaired) electrons. The number of rotatable bonds is 7. The lowest BCUT2D eigenvalue weighted by molar-refractivity contribution is -0.126. The molecule has 0 aromatic heterocycles. The minimum atomic E-state index is -3.50. The van der Waals surface area contributed by atoms with E-state index >= 15 is 0 Å². The minimum absolute atomic E-state index is 0.0117. The lowest BCUT2D eigenvalue weighted by Crippen LogP contribution is -2.44. The number of hydrogen-bond donors (Lipinski definition) is 1. The summed E-state index contributed by atoms with van der Waals surface area (Å²) in [6.07, 6.45) is 1.79. The van der Waals surface area contributed by atoms with Crippen LogP contribution >= 0.6 is 0 Å². The standard InChI is InChI=1S/C24H31FN2O3S/c1-4-23(22-10-5-17(2)15-18(22)3)26-24(28)20-11-13-27(14-12-20)31(29,30)16-19-6-8-21(25)9-7-19/h5-10,15,20,23H,4,11-14,16H2,1-3H3,(H,26,28)/t23-/m1/s1. The first-order valence-corrected chi connectivity index (χ1v) is 12.4. The van der Waals surface area contributed by atoms with Crippen LogP contribution in [0.5, 0.6) is 0 Å². The van der Waals surface area contributed by atoms with Gasteiger partial charge in [-0.1, -0.05) is 42.8 Å². The van der Waals surface area contributed by atoms with Crippen molar-refractivity contribution in [2.75, 3.05) is 13.1 Å². The monoisotopic (exact) mass is 446 g/mol. The first kappa shape index (κ1) is 23.4. The van der Waals surface area contributed by atoms with Gasteiger partial charge in [0.2, 0.25) is 15.9 Å². The smallest absolute Gasteiger partial charge is 0.223 e. The van der Waals surface area contributed by atoms with Gasteiger partial charge in [0.1, 0.15) is 5.82 Å². The van der Waals surface area contributed by atoms with Gasteiger partial charge >= 0.3 is 0 Å². The summed E-state index contributed by atoms with van der Waals surface area (Å²) in [5.74, 6) is -0.756. The van der Waals surface area contributed by atoms with Gasteiger partial charge in [0.15, 0.2) is 0 Å². The number of nitrogens with zero attached hydrogens (tertiary/aromatic N) is 1. The van der Waals surface area contributed by atoms with Gasteiger partial charge in [0.05, 0.1) is 11.8 Å². The molecular formula is C24H31FN2O3S. The van der Waals surface area contributed by atoms with Crippen LogP contribution in [0.1, 0.15) is 54.5 Å². The number of carbonyl (C=O) groups is 1. The molecule has 1 saturated heterocycles. The molecule has 1 heterocycles. The van der Waals surface area contributed by atoms with E-state index in [1.807, 2.05) is 6.92 Å². The Hall–Kier alpha value is -2.25. The Morgan fingerprint density at radius 1 is 1.13 bits per heavy atom. The van der Waals surface area contributed by atoms with E-state index in [1.54, 1.807) is 0 Å².